The van der Waals surface area contributed by atoms with E-state index in [1.165, 1.54) is 5.56 Å². The lowest BCUT2D eigenvalue weighted by molar-refractivity contribution is 0.0492. The second kappa shape index (κ2) is 12.6. The van der Waals surface area contributed by atoms with Gasteiger partial charge in [-0.05, 0) is 78.7 Å². The first kappa shape index (κ1) is 29.1. The highest BCUT2D eigenvalue weighted by atomic mass is 16.6. The predicted molar refractivity (Wildman–Crippen MR) is 163 cm³/mol. The third-order valence-corrected chi connectivity index (χ3v) is 7.94. The van der Waals surface area contributed by atoms with Crippen LogP contribution in [0.2, 0.25) is 0 Å². The van der Waals surface area contributed by atoms with E-state index in [1.54, 1.807) is 0 Å². The first-order valence-electron chi connectivity index (χ1n) is 15.2. The number of fused-ring (bicyclic) bond motifs is 1. The molecule has 5 rings (SSSR count). The molecule has 0 radical (unpaired) electrons. The molecule has 3 aromatic rings. The van der Waals surface area contributed by atoms with Gasteiger partial charge in [-0.2, -0.15) is 9.97 Å². The van der Waals surface area contributed by atoms with Gasteiger partial charge in [-0.25, -0.2) is 9.78 Å². The summed E-state index contributed by atoms with van der Waals surface area (Å²) < 4.78 is 7.54. The van der Waals surface area contributed by atoms with Crippen molar-refractivity contribution in [3.8, 4) is 0 Å². The summed E-state index contributed by atoms with van der Waals surface area (Å²) in [5.41, 5.74) is 2.54. The van der Waals surface area contributed by atoms with E-state index >= 15 is 0 Å². The number of alkyl carbamates (subject to hydrolysis) is 1. The lowest BCUT2D eigenvalue weighted by Gasteiger charge is -2.33. The number of amides is 1. The first-order valence-corrected chi connectivity index (χ1v) is 15.2. The van der Waals surface area contributed by atoms with Gasteiger partial charge in [0, 0.05) is 43.8 Å². The normalized spacial score (nSPS) is 20.7. The van der Waals surface area contributed by atoms with Crippen molar-refractivity contribution < 1.29 is 9.53 Å². The fraction of sp³-hybridized carbons (Fsp3) is 0.613. The summed E-state index contributed by atoms with van der Waals surface area (Å²) in [6.07, 6.45) is 7.26. The number of benzene rings is 1. The summed E-state index contributed by atoms with van der Waals surface area (Å²) in [6.45, 7) is 13.0. The molecule has 41 heavy (non-hydrogen) atoms. The number of ether oxygens (including phenoxy) is 1. The number of aromatic nitrogens is 4. The van der Waals surface area contributed by atoms with E-state index in [0.717, 1.165) is 75.1 Å². The third-order valence-electron chi connectivity index (χ3n) is 7.94. The largest absolute Gasteiger partial charge is 0.444 e. The van der Waals surface area contributed by atoms with Crippen molar-refractivity contribution in [2.75, 3.05) is 23.7 Å². The number of rotatable bonds is 8. The quantitative estimate of drug-likeness (QED) is 0.319. The Morgan fingerprint density at radius 2 is 1.61 bits per heavy atom. The Hall–Kier alpha value is -3.40. The predicted octanol–water partition coefficient (Wildman–Crippen LogP) is 5.73. The fourth-order valence-corrected chi connectivity index (χ4v) is 5.77. The molecule has 222 valence electrons. The molecule has 1 aromatic carbocycles. The Balaban J connectivity index is 1.22. The Labute approximate surface area is 243 Å². The molecular formula is C31H46N8O2. The molecule has 0 spiro atoms. The zero-order chi connectivity index (χ0) is 29.0. The van der Waals surface area contributed by atoms with Gasteiger partial charge < -0.3 is 25.3 Å². The van der Waals surface area contributed by atoms with Crippen molar-refractivity contribution in [1.29, 1.82) is 0 Å². The molecule has 0 bridgehead atoms. The van der Waals surface area contributed by atoms with Crippen LogP contribution in [0.25, 0.3) is 11.2 Å². The van der Waals surface area contributed by atoms with Crippen molar-refractivity contribution >= 4 is 29.0 Å². The van der Waals surface area contributed by atoms with Crippen LogP contribution in [0.3, 0.4) is 0 Å². The Morgan fingerprint density at radius 1 is 0.951 bits per heavy atom. The van der Waals surface area contributed by atoms with E-state index in [0.29, 0.717) is 12.0 Å². The summed E-state index contributed by atoms with van der Waals surface area (Å²) in [5.74, 6) is 1.44. The molecular weight excluding hydrogens is 516 g/mol. The number of hydrogen-bond acceptors (Lipinski definition) is 8. The van der Waals surface area contributed by atoms with Crippen molar-refractivity contribution in [2.45, 2.75) is 109 Å². The van der Waals surface area contributed by atoms with Gasteiger partial charge in [0.1, 0.15) is 5.60 Å². The summed E-state index contributed by atoms with van der Waals surface area (Å²) in [4.78, 5) is 29.3. The molecule has 1 amide bonds. The summed E-state index contributed by atoms with van der Waals surface area (Å²) >= 11 is 0. The van der Waals surface area contributed by atoms with E-state index in [4.69, 9.17) is 19.7 Å². The maximum atomic E-state index is 12.2. The van der Waals surface area contributed by atoms with Crippen molar-refractivity contribution in [3.05, 3.63) is 42.2 Å². The van der Waals surface area contributed by atoms with Crippen molar-refractivity contribution in [1.82, 2.24) is 29.7 Å². The van der Waals surface area contributed by atoms with Gasteiger partial charge in [0.05, 0.1) is 6.33 Å². The van der Waals surface area contributed by atoms with Gasteiger partial charge in [0.15, 0.2) is 17.0 Å². The number of imidazole rings is 1. The Bertz CT molecular complexity index is 1290. The minimum atomic E-state index is -0.494. The van der Waals surface area contributed by atoms with Crippen LogP contribution in [0, 0.1) is 0 Å². The van der Waals surface area contributed by atoms with Gasteiger partial charge >= 0.3 is 6.09 Å². The van der Waals surface area contributed by atoms with Gasteiger partial charge in [-0.15, -0.1) is 0 Å². The highest BCUT2D eigenvalue weighted by Crippen LogP contribution is 2.28. The molecule has 2 aromatic heterocycles. The smallest absolute Gasteiger partial charge is 0.407 e. The summed E-state index contributed by atoms with van der Waals surface area (Å²) in [5, 5.41) is 10.4. The van der Waals surface area contributed by atoms with Crippen LogP contribution >= 0.6 is 0 Å². The van der Waals surface area contributed by atoms with E-state index in [-0.39, 0.29) is 24.2 Å². The topological polar surface area (TPSA) is 109 Å². The monoisotopic (exact) mass is 562 g/mol. The van der Waals surface area contributed by atoms with Crippen molar-refractivity contribution in [3.63, 3.8) is 0 Å². The van der Waals surface area contributed by atoms with E-state index in [2.05, 4.69) is 69.6 Å². The second-order valence-electron chi connectivity index (χ2n) is 12.8. The molecule has 10 nitrogen and oxygen atoms in total. The van der Waals surface area contributed by atoms with E-state index in [9.17, 15) is 4.79 Å². The average molecular weight is 563 g/mol. The first-order chi connectivity index (χ1) is 19.6. The second-order valence-corrected chi connectivity index (χ2v) is 12.8. The standard InChI is InChI=1S/C31H46N8O2/c1-21(2)39-20-32-26-27(33-25-15-17-38(18-16-25)19-22-9-7-6-8-10-22)36-29(37-28(26)39)34-23-11-13-24(14-12-23)35-30(40)41-31(3,4)5/h6-10,20-21,23-25H,11-19H2,1-5H3,(H,35,40)(H2,33,34,36,37)/t23-,24-. The average Bonchev–Trinajstić information content (AvgIpc) is 3.35. The minimum absolute atomic E-state index is 0.124. The lowest BCUT2D eigenvalue weighted by atomic mass is 9.91. The van der Waals surface area contributed by atoms with Gasteiger partial charge in [0.25, 0.3) is 0 Å². The third kappa shape index (κ3) is 7.87. The molecule has 3 heterocycles. The molecule has 1 aliphatic heterocycles. The number of carbonyl (C=O) groups excluding carboxylic acids is 1. The van der Waals surface area contributed by atoms with Gasteiger partial charge in [0.2, 0.25) is 5.95 Å². The van der Waals surface area contributed by atoms with Crippen LogP contribution in [0.5, 0.6) is 0 Å². The highest BCUT2D eigenvalue weighted by molar-refractivity contribution is 5.84. The minimum Gasteiger partial charge on any atom is -0.444 e. The van der Waals surface area contributed by atoms with Crippen LogP contribution in [-0.4, -0.2) is 67.3 Å². The van der Waals surface area contributed by atoms with Crippen LogP contribution in [0.1, 0.15) is 84.7 Å². The van der Waals surface area contributed by atoms with Crippen LogP contribution in [-0.2, 0) is 11.3 Å². The number of likely N-dealkylation sites (tertiary alicyclic amines) is 1. The van der Waals surface area contributed by atoms with E-state index < -0.39 is 5.60 Å². The molecule has 2 fully saturated rings. The number of carbonyl (C=O) groups is 1. The molecule has 3 N–H and O–H groups in total. The highest BCUT2D eigenvalue weighted by Gasteiger charge is 2.27. The number of piperidine rings is 1. The maximum absolute atomic E-state index is 12.2. The molecule has 2 aliphatic rings. The van der Waals surface area contributed by atoms with Crippen LogP contribution < -0.4 is 16.0 Å². The number of hydrogen-bond donors (Lipinski definition) is 3. The molecule has 1 saturated carbocycles. The van der Waals surface area contributed by atoms with Gasteiger partial charge in [-0.1, -0.05) is 30.3 Å². The SMILES string of the molecule is CC(C)n1cnc2c(NC3CCN(Cc4ccccc4)CC3)nc(N[C@H]3CC[C@H](NC(=O)OC(C)(C)C)CC3)nc21. The lowest BCUT2D eigenvalue weighted by Crippen LogP contribution is -2.42. The zero-order valence-electron chi connectivity index (χ0n) is 25.2. The number of nitrogens with zero attached hydrogens (tertiary/aromatic N) is 5. The summed E-state index contributed by atoms with van der Waals surface area (Å²) in [7, 11) is 0. The van der Waals surface area contributed by atoms with Crippen LogP contribution in [0.15, 0.2) is 36.7 Å². The van der Waals surface area contributed by atoms with Crippen LogP contribution in [0.4, 0.5) is 16.6 Å². The fourth-order valence-electron chi connectivity index (χ4n) is 5.77. The molecule has 10 heteroatoms. The number of anilines is 2. The number of nitrogens with one attached hydrogen (secondary N) is 3. The van der Waals surface area contributed by atoms with E-state index in [1.807, 2.05) is 27.1 Å². The summed E-state index contributed by atoms with van der Waals surface area (Å²) in [6, 6.07) is 11.6. The molecule has 0 atom stereocenters. The van der Waals surface area contributed by atoms with Crippen molar-refractivity contribution in [2.24, 2.45) is 0 Å². The Morgan fingerprint density at radius 3 is 2.27 bits per heavy atom. The maximum Gasteiger partial charge on any atom is 0.407 e. The molecule has 1 aliphatic carbocycles. The Kier molecular flexibility index (Phi) is 8.97. The van der Waals surface area contributed by atoms with Gasteiger partial charge in [-0.3, -0.25) is 4.90 Å². The molecule has 0 unspecified atom stereocenters. The zero-order valence-corrected chi connectivity index (χ0v) is 25.2. The molecule has 1 saturated heterocycles.